The maximum atomic E-state index is 11.2. The van der Waals surface area contributed by atoms with Crippen LogP contribution in [0.1, 0.15) is 61.6 Å². The molecule has 4 atom stereocenters. The van der Waals surface area contributed by atoms with Gasteiger partial charge in [0, 0.05) is 0 Å². The Morgan fingerprint density at radius 1 is 1.33 bits per heavy atom. The fourth-order valence-electron chi connectivity index (χ4n) is 3.81. The number of aliphatic hydroxyl groups is 2. The Balaban J connectivity index is 1.90. The maximum absolute atomic E-state index is 11.2. The average molecular weight is 334 g/mol. The first-order valence-electron chi connectivity index (χ1n) is 8.93. The quantitative estimate of drug-likeness (QED) is 0.752. The molecule has 0 radical (unpaired) electrons. The molecule has 1 aliphatic carbocycles. The molecule has 0 fully saturated rings. The van der Waals surface area contributed by atoms with Crippen LogP contribution in [0.15, 0.2) is 18.2 Å². The lowest BCUT2D eigenvalue weighted by Gasteiger charge is -2.32. The summed E-state index contributed by atoms with van der Waals surface area (Å²) in [5.41, 5.74) is 4.16. The molecule has 4 nitrogen and oxygen atoms in total. The Morgan fingerprint density at radius 2 is 2.08 bits per heavy atom. The molecule has 0 saturated carbocycles. The molecule has 0 aromatic heterocycles. The molecule has 0 amide bonds. The van der Waals surface area contributed by atoms with E-state index in [4.69, 9.17) is 0 Å². The Morgan fingerprint density at radius 3 is 2.79 bits per heavy atom. The smallest absolute Gasteiger partial charge is 0.308 e. The van der Waals surface area contributed by atoms with Crippen molar-refractivity contribution in [2.75, 3.05) is 7.11 Å². The lowest BCUT2D eigenvalue weighted by molar-refractivity contribution is -0.143. The van der Waals surface area contributed by atoms with Gasteiger partial charge in [-0.3, -0.25) is 4.79 Å². The molecule has 1 aromatic carbocycles. The lowest BCUT2D eigenvalue weighted by atomic mass is 9.73. The highest BCUT2D eigenvalue weighted by molar-refractivity contribution is 5.69. The van der Waals surface area contributed by atoms with Crippen LogP contribution in [0, 0.1) is 12.8 Å². The highest BCUT2D eigenvalue weighted by atomic mass is 16.5. The number of rotatable bonds is 7. The molecule has 0 aliphatic heterocycles. The van der Waals surface area contributed by atoms with Gasteiger partial charge in [-0.15, -0.1) is 0 Å². The molecule has 4 heteroatoms. The van der Waals surface area contributed by atoms with E-state index in [1.54, 1.807) is 0 Å². The van der Waals surface area contributed by atoms with Crippen molar-refractivity contribution in [3.63, 3.8) is 0 Å². The first-order chi connectivity index (χ1) is 11.4. The van der Waals surface area contributed by atoms with Crippen molar-refractivity contribution >= 4 is 5.97 Å². The summed E-state index contributed by atoms with van der Waals surface area (Å²) in [4.78, 5) is 11.2. The van der Waals surface area contributed by atoms with Crippen LogP contribution in [0.2, 0.25) is 0 Å². The molecule has 2 rings (SSSR count). The van der Waals surface area contributed by atoms with E-state index in [9.17, 15) is 15.0 Å². The zero-order valence-corrected chi connectivity index (χ0v) is 15.0. The molecule has 0 spiro atoms. The van der Waals surface area contributed by atoms with Crippen LogP contribution in [0.3, 0.4) is 0 Å². The van der Waals surface area contributed by atoms with E-state index in [1.807, 2.05) is 0 Å². The third kappa shape index (κ3) is 5.05. The highest BCUT2D eigenvalue weighted by Gasteiger charge is 2.27. The molecule has 24 heavy (non-hydrogen) atoms. The zero-order chi connectivity index (χ0) is 17.7. The van der Waals surface area contributed by atoms with Crippen LogP contribution in [0.25, 0.3) is 0 Å². The highest BCUT2D eigenvalue weighted by Crippen LogP contribution is 2.39. The van der Waals surface area contributed by atoms with Crippen molar-refractivity contribution in [2.24, 2.45) is 5.92 Å². The number of ether oxygens (including phenoxy) is 1. The second-order valence-corrected chi connectivity index (χ2v) is 7.23. The second-order valence-electron chi connectivity index (χ2n) is 7.23. The number of methoxy groups -OCH3 is 1. The third-order valence-corrected chi connectivity index (χ3v) is 5.24. The molecule has 0 bridgehead atoms. The molecule has 2 unspecified atom stereocenters. The van der Waals surface area contributed by atoms with Crippen molar-refractivity contribution in [3.8, 4) is 0 Å². The molecule has 0 saturated heterocycles. The minimum atomic E-state index is -0.842. The number of aryl methyl sites for hydroxylation is 2. The number of hydrogen-bond acceptors (Lipinski definition) is 4. The topological polar surface area (TPSA) is 66.8 Å². The zero-order valence-electron chi connectivity index (χ0n) is 15.0. The normalized spacial score (nSPS) is 22.5. The van der Waals surface area contributed by atoms with Crippen molar-refractivity contribution < 1.29 is 19.7 Å². The molecule has 0 heterocycles. The van der Waals surface area contributed by atoms with Gasteiger partial charge in [0.25, 0.3) is 0 Å². The number of carbonyl (C=O) groups is 1. The van der Waals surface area contributed by atoms with E-state index >= 15 is 0 Å². The van der Waals surface area contributed by atoms with E-state index in [0.717, 1.165) is 12.8 Å². The number of aliphatic hydroxyl groups excluding tert-OH is 2. The Labute approximate surface area is 144 Å². The van der Waals surface area contributed by atoms with Crippen LogP contribution in [-0.4, -0.2) is 35.5 Å². The van der Waals surface area contributed by atoms with E-state index in [1.165, 1.54) is 30.2 Å². The van der Waals surface area contributed by atoms with Gasteiger partial charge in [0.1, 0.15) is 0 Å². The van der Waals surface area contributed by atoms with Crippen molar-refractivity contribution in [2.45, 2.75) is 70.5 Å². The van der Waals surface area contributed by atoms with Crippen LogP contribution < -0.4 is 0 Å². The minimum Gasteiger partial charge on any atom is -0.469 e. The predicted molar refractivity (Wildman–Crippen MR) is 93.9 cm³/mol. The first kappa shape index (κ1) is 18.9. The predicted octanol–water partition coefficient (Wildman–Crippen LogP) is 3.12. The average Bonchev–Trinajstić information content (AvgIpc) is 2.53. The summed E-state index contributed by atoms with van der Waals surface area (Å²) in [6.45, 7) is 4.41. The van der Waals surface area contributed by atoms with Gasteiger partial charge >= 0.3 is 5.97 Å². The van der Waals surface area contributed by atoms with Gasteiger partial charge in [-0.1, -0.05) is 30.7 Å². The maximum Gasteiger partial charge on any atom is 0.308 e. The van der Waals surface area contributed by atoms with Gasteiger partial charge < -0.3 is 14.9 Å². The summed E-state index contributed by atoms with van der Waals surface area (Å²) in [5.74, 6) is 0.619. The molecular formula is C20H30O4. The summed E-state index contributed by atoms with van der Waals surface area (Å²) in [6, 6.07) is 6.69. The largest absolute Gasteiger partial charge is 0.469 e. The van der Waals surface area contributed by atoms with Crippen LogP contribution in [0.4, 0.5) is 0 Å². The molecular weight excluding hydrogens is 304 g/mol. The van der Waals surface area contributed by atoms with Crippen LogP contribution in [0.5, 0.6) is 0 Å². The summed E-state index contributed by atoms with van der Waals surface area (Å²) >= 11 is 0. The number of esters is 1. The monoisotopic (exact) mass is 334 g/mol. The number of hydrogen-bond donors (Lipinski definition) is 2. The van der Waals surface area contributed by atoms with Crippen LogP contribution in [-0.2, 0) is 16.0 Å². The van der Waals surface area contributed by atoms with Gasteiger partial charge in [-0.25, -0.2) is 0 Å². The van der Waals surface area contributed by atoms with E-state index in [0.29, 0.717) is 18.3 Å². The van der Waals surface area contributed by atoms with Crippen molar-refractivity contribution in [1.82, 2.24) is 0 Å². The molecule has 1 aromatic rings. The fraction of sp³-hybridized carbons (Fsp3) is 0.650. The Hall–Kier alpha value is -1.39. The van der Waals surface area contributed by atoms with Gasteiger partial charge in [0.05, 0.1) is 25.7 Å². The van der Waals surface area contributed by atoms with E-state index in [2.05, 4.69) is 36.8 Å². The Kier molecular flexibility index (Phi) is 6.81. The van der Waals surface area contributed by atoms with E-state index in [-0.39, 0.29) is 12.8 Å². The van der Waals surface area contributed by atoms with Gasteiger partial charge in [-0.2, -0.15) is 0 Å². The fourth-order valence-corrected chi connectivity index (χ4v) is 3.81. The number of fused-ring (bicyclic) bond motifs is 1. The number of carbonyl (C=O) groups excluding carboxylic acids is 1. The Bertz CT molecular complexity index is 555. The van der Waals surface area contributed by atoms with Crippen molar-refractivity contribution in [3.05, 3.63) is 34.9 Å². The minimum absolute atomic E-state index is 0.0600. The van der Waals surface area contributed by atoms with Crippen LogP contribution >= 0.6 is 0 Å². The summed E-state index contributed by atoms with van der Waals surface area (Å²) < 4.78 is 4.54. The summed E-state index contributed by atoms with van der Waals surface area (Å²) in [5, 5.41) is 20.0. The summed E-state index contributed by atoms with van der Waals surface area (Å²) in [7, 11) is 1.30. The summed E-state index contributed by atoms with van der Waals surface area (Å²) in [6.07, 6.45) is 2.59. The lowest BCUT2D eigenvalue weighted by Crippen LogP contribution is -2.24. The third-order valence-electron chi connectivity index (χ3n) is 5.24. The standard InChI is InChI=1S/C20H30O4/c1-13-4-8-19-15(10-13)6-5-14(2)18(19)9-7-16(21)11-17(22)12-20(23)24-3/h4,8,10,14,16-18,21-22H,5-7,9,11-12H2,1-3H3/t14-,16-,17?,18?/m0/s1. The van der Waals surface area contributed by atoms with Gasteiger partial charge in [0.15, 0.2) is 0 Å². The molecule has 134 valence electrons. The molecule has 1 aliphatic rings. The first-order valence-corrected chi connectivity index (χ1v) is 8.93. The molecule has 2 N–H and O–H groups in total. The van der Waals surface area contributed by atoms with Crippen molar-refractivity contribution in [1.29, 1.82) is 0 Å². The SMILES string of the molecule is COC(=O)CC(O)C[C@@H](O)CCC1c2ccc(C)cc2CC[C@@H]1C. The van der Waals surface area contributed by atoms with E-state index < -0.39 is 18.2 Å². The van der Waals surface area contributed by atoms with Gasteiger partial charge in [-0.05, 0) is 62.0 Å². The second kappa shape index (κ2) is 8.63. The number of benzene rings is 1. The van der Waals surface area contributed by atoms with Gasteiger partial charge in [0.2, 0.25) is 0 Å².